The van der Waals surface area contributed by atoms with Crippen molar-refractivity contribution in [3.63, 3.8) is 0 Å². The molecule has 3 aromatic rings. The second-order valence-corrected chi connectivity index (χ2v) is 9.07. The van der Waals surface area contributed by atoms with Crippen molar-refractivity contribution in [3.8, 4) is 0 Å². The van der Waals surface area contributed by atoms with Crippen LogP contribution in [0.4, 0.5) is 19.3 Å². The molecular formula is C27H29F2N3O3. The van der Waals surface area contributed by atoms with E-state index in [1.165, 1.54) is 4.90 Å². The summed E-state index contributed by atoms with van der Waals surface area (Å²) in [6.45, 7) is 4.66. The first kappa shape index (κ1) is 25.8. The largest absolute Gasteiger partial charge is 0.444 e. The fourth-order valence-electron chi connectivity index (χ4n) is 3.49. The van der Waals surface area contributed by atoms with Crippen LogP contribution < -0.4 is 11.1 Å². The average molecular weight is 482 g/mol. The van der Waals surface area contributed by atoms with Crippen molar-refractivity contribution in [3.05, 3.63) is 101 Å². The number of halogens is 2. The summed E-state index contributed by atoms with van der Waals surface area (Å²) in [6.07, 6.45) is -0.613. The Kier molecular flexibility index (Phi) is 8.54. The minimum atomic E-state index is -0.827. The SMILES string of the molecule is CC(C)(CN)CN(Cc1cccc(NC(=O)OCc2ccccc2)c1)C(=O)c1cc(F)cc(F)c1. The van der Waals surface area contributed by atoms with E-state index in [1.54, 1.807) is 24.3 Å². The lowest BCUT2D eigenvalue weighted by atomic mass is 9.92. The molecule has 2 amide bonds. The zero-order valence-corrected chi connectivity index (χ0v) is 19.8. The molecule has 0 spiro atoms. The molecule has 0 heterocycles. The summed E-state index contributed by atoms with van der Waals surface area (Å²) in [5.74, 6) is -2.18. The minimum Gasteiger partial charge on any atom is -0.444 e. The highest BCUT2D eigenvalue weighted by molar-refractivity contribution is 5.94. The number of nitrogens with two attached hydrogens (primary N) is 1. The van der Waals surface area contributed by atoms with Gasteiger partial charge in [-0.3, -0.25) is 10.1 Å². The highest BCUT2D eigenvalue weighted by Crippen LogP contribution is 2.22. The van der Waals surface area contributed by atoms with Gasteiger partial charge < -0.3 is 15.4 Å². The second kappa shape index (κ2) is 11.6. The highest BCUT2D eigenvalue weighted by Gasteiger charge is 2.25. The van der Waals surface area contributed by atoms with Gasteiger partial charge in [0.15, 0.2) is 0 Å². The predicted octanol–water partition coefficient (Wildman–Crippen LogP) is 5.34. The van der Waals surface area contributed by atoms with Gasteiger partial charge in [0, 0.05) is 30.4 Å². The van der Waals surface area contributed by atoms with Gasteiger partial charge in [-0.2, -0.15) is 0 Å². The number of nitrogens with zero attached hydrogens (tertiary/aromatic N) is 1. The molecule has 0 saturated carbocycles. The Morgan fingerprint density at radius 1 is 0.943 bits per heavy atom. The van der Waals surface area contributed by atoms with Crippen molar-refractivity contribution < 1.29 is 23.1 Å². The highest BCUT2D eigenvalue weighted by atomic mass is 19.1. The van der Waals surface area contributed by atoms with Crippen LogP contribution in [0.25, 0.3) is 0 Å². The molecule has 0 bridgehead atoms. The van der Waals surface area contributed by atoms with E-state index < -0.39 is 29.0 Å². The minimum absolute atomic E-state index is 0.0888. The van der Waals surface area contributed by atoms with Gasteiger partial charge in [-0.1, -0.05) is 56.3 Å². The third-order valence-electron chi connectivity index (χ3n) is 5.33. The summed E-state index contributed by atoms with van der Waals surface area (Å²) >= 11 is 0. The third-order valence-corrected chi connectivity index (χ3v) is 5.33. The fourth-order valence-corrected chi connectivity index (χ4v) is 3.49. The average Bonchev–Trinajstić information content (AvgIpc) is 2.82. The Balaban J connectivity index is 1.74. The number of rotatable bonds is 9. The van der Waals surface area contributed by atoms with E-state index in [2.05, 4.69) is 5.32 Å². The van der Waals surface area contributed by atoms with Gasteiger partial charge in [-0.05, 0) is 47.4 Å². The molecule has 0 radical (unpaired) electrons. The number of carbonyl (C=O) groups is 2. The Bertz CT molecular complexity index is 1150. The van der Waals surface area contributed by atoms with Gasteiger partial charge in [-0.15, -0.1) is 0 Å². The lowest BCUT2D eigenvalue weighted by molar-refractivity contribution is 0.0672. The smallest absolute Gasteiger partial charge is 0.411 e. The Morgan fingerprint density at radius 2 is 1.60 bits per heavy atom. The van der Waals surface area contributed by atoms with Crippen molar-refractivity contribution in [1.82, 2.24) is 4.90 Å². The zero-order valence-electron chi connectivity index (χ0n) is 19.8. The van der Waals surface area contributed by atoms with Crippen LogP contribution in [-0.4, -0.2) is 30.0 Å². The number of nitrogens with one attached hydrogen (secondary N) is 1. The number of ether oxygens (including phenoxy) is 1. The maximum absolute atomic E-state index is 13.7. The van der Waals surface area contributed by atoms with Crippen LogP contribution in [0.2, 0.25) is 0 Å². The Labute approximate surface area is 203 Å². The van der Waals surface area contributed by atoms with Gasteiger partial charge in [0.2, 0.25) is 0 Å². The molecule has 3 N–H and O–H groups in total. The van der Waals surface area contributed by atoms with Crippen molar-refractivity contribution in [1.29, 1.82) is 0 Å². The molecule has 0 aliphatic rings. The lowest BCUT2D eigenvalue weighted by Crippen LogP contribution is -2.41. The summed E-state index contributed by atoms with van der Waals surface area (Å²) < 4.78 is 32.7. The van der Waals surface area contributed by atoms with Crippen molar-refractivity contribution in [2.24, 2.45) is 11.1 Å². The van der Waals surface area contributed by atoms with E-state index >= 15 is 0 Å². The number of anilines is 1. The molecular weight excluding hydrogens is 452 g/mol. The normalized spacial score (nSPS) is 11.1. The Morgan fingerprint density at radius 3 is 2.26 bits per heavy atom. The van der Waals surface area contributed by atoms with Crippen LogP contribution >= 0.6 is 0 Å². The summed E-state index contributed by atoms with van der Waals surface area (Å²) in [5, 5.41) is 2.68. The van der Waals surface area contributed by atoms with Gasteiger partial charge >= 0.3 is 6.09 Å². The molecule has 0 aliphatic heterocycles. The molecule has 0 aromatic heterocycles. The number of carbonyl (C=O) groups excluding carboxylic acids is 2. The molecule has 0 fully saturated rings. The van der Waals surface area contributed by atoms with E-state index in [4.69, 9.17) is 10.5 Å². The van der Waals surface area contributed by atoms with E-state index in [0.717, 1.165) is 23.8 Å². The monoisotopic (exact) mass is 481 g/mol. The van der Waals surface area contributed by atoms with Crippen LogP contribution in [-0.2, 0) is 17.9 Å². The topological polar surface area (TPSA) is 84.7 Å². The van der Waals surface area contributed by atoms with E-state index in [1.807, 2.05) is 44.2 Å². The van der Waals surface area contributed by atoms with Gasteiger partial charge in [0.05, 0.1) is 0 Å². The van der Waals surface area contributed by atoms with E-state index in [0.29, 0.717) is 17.8 Å². The first-order valence-electron chi connectivity index (χ1n) is 11.2. The number of hydrogen-bond acceptors (Lipinski definition) is 4. The lowest BCUT2D eigenvalue weighted by Gasteiger charge is -2.32. The van der Waals surface area contributed by atoms with Crippen molar-refractivity contribution in [2.75, 3.05) is 18.4 Å². The van der Waals surface area contributed by atoms with Gasteiger partial charge in [-0.25, -0.2) is 13.6 Å². The zero-order chi connectivity index (χ0) is 25.4. The molecule has 6 nitrogen and oxygen atoms in total. The Hall–Kier alpha value is -3.78. The summed E-state index contributed by atoms with van der Waals surface area (Å²) in [4.78, 5) is 26.9. The third kappa shape index (κ3) is 7.89. The quantitative estimate of drug-likeness (QED) is 0.432. The van der Waals surface area contributed by atoms with Crippen molar-refractivity contribution in [2.45, 2.75) is 27.0 Å². The molecule has 0 saturated heterocycles. The van der Waals surface area contributed by atoms with Crippen LogP contribution in [0, 0.1) is 17.0 Å². The van der Waals surface area contributed by atoms with Gasteiger partial charge in [0.25, 0.3) is 5.91 Å². The van der Waals surface area contributed by atoms with Crippen LogP contribution in [0.15, 0.2) is 72.8 Å². The number of amides is 2. The maximum atomic E-state index is 13.7. The first-order valence-corrected chi connectivity index (χ1v) is 11.2. The summed E-state index contributed by atoms with van der Waals surface area (Å²) in [5.41, 5.74) is 7.41. The fraction of sp³-hybridized carbons (Fsp3) is 0.259. The second-order valence-electron chi connectivity index (χ2n) is 9.07. The molecule has 0 aliphatic carbocycles. The number of benzene rings is 3. The van der Waals surface area contributed by atoms with E-state index in [-0.39, 0.29) is 25.3 Å². The maximum Gasteiger partial charge on any atom is 0.411 e. The summed E-state index contributed by atoms with van der Waals surface area (Å²) in [6, 6.07) is 19.0. The van der Waals surface area contributed by atoms with E-state index in [9.17, 15) is 18.4 Å². The van der Waals surface area contributed by atoms with Crippen LogP contribution in [0.3, 0.4) is 0 Å². The molecule has 184 valence electrons. The molecule has 3 aromatic carbocycles. The molecule has 0 unspecified atom stereocenters. The molecule has 0 atom stereocenters. The van der Waals surface area contributed by atoms with Gasteiger partial charge in [0.1, 0.15) is 18.2 Å². The van der Waals surface area contributed by atoms with Crippen molar-refractivity contribution >= 4 is 17.7 Å². The summed E-state index contributed by atoms with van der Waals surface area (Å²) in [7, 11) is 0. The predicted molar refractivity (Wildman–Crippen MR) is 131 cm³/mol. The standard InChI is InChI=1S/C27H29F2N3O3/c1-27(2,17-30)18-32(25(33)21-12-22(28)14-23(29)13-21)15-20-9-6-10-24(11-20)31-26(34)35-16-19-7-4-3-5-8-19/h3-14H,15-18,30H2,1-2H3,(H,31,34). The van der Waals surface area contributed by atoms with Crippen LogP contribution in [0.1, 0.15) is 35.3 Å². The molecule has 3 rings (SSSR count). The number of hydrogen-bond donors (Lipinski definition) is 2. The first-order chi connectivity index (χ1) is 16.6. The molecule has 8 heteroatoms. The van der Waals surface area contributed by atoms with Crippen LogP contribution in [0.5, 0.6) is 0 Å². The molecule has 35 heavy (non-hydrogen) atoms.